The summed E-state index contributed by atoms with van der Waals surface area (Å²) in [4.78, 5) is 51.4. The molecule has 4 aromatic rings. The second kappa shape index (κ2) is 14.9. The molecule has 3 heterocycles. The molecule has 0 bridgehead atoms. The number of benzene rings is 2. The maximum Gasteiger partial charge on any atom is 0.332 e. The molecule has 1 saturated heterocycles. The number of aromatic hydroxyl groups is 1. The molecular weight excluding hydrogens is 651 g/mol. The van der Waals surface area contributed by atoms with Gasteiger partial charge in [-0.2, -0.15) is 0 Å². The zero-order chi connectivity index (χ0) is 32.8. The van der Waals surface area contributed by atoms with E-state index in [1.54, 1.807) is 34.2 Å². The number of thiazole rings is 1. The largest absolute Gasteiger partial charge is 0.506 e. The van der Waals surface area contributed by atoms with Crippen molar-refractivity contribution in [3.8, 4) is 5.75 Å². The fraction of sp³-hybridized carbons (Fsp3) is 0.323. The Kier molecular flexibility index (Phi) is 10.8. The van der Waals surface area contributed by atoms with E-state index < -0.39 is 18.0 Å². The number of hydrogen-bond acceptors (Lipinski definition) is 9. The summed E-state index contributed by atoms with van der Waals surface area (Å²) >= 11 is 13.6. The van der Waals surface area contributed by atoms with E-state index in [2.05, 4.69) is 20.6 Å². The molecule has 5 N–H and O–H groups in total. The van der Waals surface area contributed by atoms with Crippen LogP contribution in [0.3, 0.4) is 0 Å². The third kappa shape index (κ3) is 8.15. The summed E-state index contributed by atoms with van der Waals surface area (Å²) in [5.41, 5.74) is 8.81. The number of pyridine rings is 1. The molecule has 2 aromatic heterocycles. The Hall–Kier alpha value is -4.17. The van der Waals surface area contributed by atoms with Crippen molar-refractivity contribution in [2.24, 2.45) is 0 Å². The first-order chi connectivity index (χ1) is 22.1. The normalized spacial score (nSPS) is 16.1. The molecule has 0 spiro atoms. The average molecular weight is 686 g/mol. The number of carbonyl (C=O) groups excluding carboxylic acids is 3. The van der Waals surface area contributed by atoms with Crippen LogP contribution in [-0.4, -0.2) is 80.1 Å². The van der Waals surface area contributed by atoms with Gasteiger partial charge in [-0.1, -0.05) is 59.7 Å². The van der Waals surface area contributed by atoms with E-state index >= 15 is 0 Å². The van der Waals surface area contributed by atoms with Crippen molar-refractivity contribution >= 4 is 67.7 Å². The smallest absolute Gasteiger partial charge is 0.332 e. The lowest BCUT2D eigenvalue weighted by Crippen LogP contribution is -2.55. The van der Waals surface area contributed by atoms with E-state index in [-0.39, 0.29) is 50.8 Å². The summed E-state index contributed by atoms with van der Waals surface area (Å²) in [6.45, 7) is 2.95. The number of nitrogen functional groups attached to an aromatic ring is 1. The van der Waals surface area contributed by atoms with Gasteiger partial charge in [0, 0.05) is 44.8 Å². The van der Waals surface area contributed by atoms with E-state index in [9.17, 15) is 19.5 Å². The summed E-state index contributed by atoms with van der Waals surface area (Å²) in [6, 6.07) is 12.6. The number of anilines is 1. The van der Waals surface area contributed by atoms with Crippen LogP contribution in [0.2, 0.25) is 10.0 Å². The minimum Gasteiger partial charge on any atom is -0.506 e. The lowest BCUT2D eigenvalue weighted by molar-refractivity contribution is -0.136. The molecule has 12 nitrogen and oxygen atoms in total. The van der Waals surface area contributed by atoms with E-state index in [0.717, 1.165) is 15.8 Å². The minimum absolute atomic E-state index is 0.00469. The quantitative estimate of drug-likeness (QED) is 0.204. The third-order valence-corrected chi connectivity index (χ3v) is 9.03. The summed E-state index contributed by atoms with van der Waals surface area (Å²) in [7, 11) is 0. The van der Waals surface area contributed by atoms with Crippen LogP contribution in [0.15, 0.2) is 54.7 Å². The molecule has 46 heavy (non-hydrogen) atoms. The van der Waals surface area contributed by atoms with Crippen LogP contribution >= 0.6 is 34.5 Å². The topological polar surface area (TPSA) is 157 Å². The number of aromatic nitrogens is 2. The van der Waals surface area contributed by atoms with Crippen LogP contribution in [0, 0.1) is 0 Å². The van der Waals surface area contributed by atoms with Gasteiger partial charge in [-0.05, 0) is 47.9 Å². The monoisotopic (exact) mass is 684 g/mol. The summed E-state index contributed by atoms with van der Waals surface area (Å²) in [6.07, 6.45) is 2.03. The predicted molar refractivity (Wildman–Crippen MR) is 178 cm³/mol. The van der Waals surface area contributed by atoms with Gasteiger partial charge in [0.15, 0.2) is 5.13 Å². The molecule has 1 aliphatic rings. The van der Waals surface area contributed by atoms with Crippen LogP contribution in [0.1, 0.15) is 30.2 Å². The van der Waals surface area contributed by atoms with Crippen molar-refractivity contribution in [1.82, 2.24) is 35.5 Å². The molecule has 0 radical (unpaired) electrons. The van der Waals surface area contributed by atoms with Gasteiger partial charge in [0.2, 0.25) is 11.8 Å². The Bertz CT molecular complexity index is 1720. The van der Waals surface area contributed by atoms with Gasteiger partial charge >= 0.3 is 6.03 Å². The van der Waals surface area contributed by atoms with Crippen molar-refractivity contribution in [1.29, 1.82) is 0 Å². The number of fused-ring (bicyclic) bond motifs is 1. The number of nitrogens with two attached hydrogens (primary N) is 1. The first-order valence-electron chi connectivity index (χ1n) is 14.7. The van der Waals surface area contributed by atoms with Crippen LogP contribution in [0.4, 0.5) is 9.93 Å². The summed E-state index contributed by atoms with van der Waals surface area (Å²) in [5.74, 6) is -0.738. The second-order valence-corrected chi connectivity index (χ2v) is 12.7. The fourth-order valence-corrected chi connectivity index (χ4v) is 6.32. The van der Waals surface area contributed by atoms with Gasteiger partial charge in [0.1, 0.15) is 11.8 Å². The molecule has 0 aliphatic carbocycles. The lowest BCUT2D eigenvalue weighted by atomic mass is 10.1. The van der Waals surface area contributed by atoms with Crippen molar-refractivity contribution in [3.63, 3.8) is 0 Å². The van der Waals surface area contributed by atoms with Crippen molar-refractivity contribution in [2.45, 2.75) is 38.9 Å². The van der Waals surface area contributed by atoms with Crippen molar-refractivity contribution < 1.29 is 19.5 Å². The predicted octanol–water partition coefficient (Wildman–Crippen LogP) is 4.19. The molecule has 0 saturated carbocycles. The van der Waals surface area contributed by atoms with Crippen LogP contribution < -0.4 is 16.4 Å². The van der Waals surface area contributed by atoms with Gasteiger partial charge in [0.05, 0.1) is 33.0 Å². The average Bonchev–Trinajstić information content (AvgIpc) is 3.44. The minimum atomic E-state index is -0.938. The Labute approximate surface area is 280 Å². The lowest BCUT2D eigenvalue weighted by Gasteiger charge is -2.35. The zero-order valence-electron chi connectivity index (χ0n) is 25.1. The number of rotatable bonds is 9. The molecule has 4 amide bonds. The van der Waals surface area contributed by atoms with Gasteiger partial charge in [-0.25, -0.2) is 14.8 Å². The highest BCUT2D eigenvalue weighted by Crippen LogP contribution is 2.27. The number of carbonyl (C=O) groups is 3. The van der Waals surface area contributed by atoms with E-state index in [0.29, 0.717) is 39.4 Å². The molecule has 2 aromatic carbocycles. The SMILES string of the molecule is CCCN(C(=O)NCc1ccc(Cl)c(Cl)c1)N1CCN(Cc2cccc3sc(N)nc23)C(=O)[C@H](Cc2ccc(O)cn2)NC(=O)C1. The number of nitrogens with zero attached hydrogens (tertiary/aromatic N) is 5. The summed E-state index contributed by atoms with van der Waals surface area (Å²) in [5, 5.41) is 19.9. The highest BCUT2D eigenvalue weighted by atomic mass is 35.5. The van der Waals surface area contributed by atoms with Crippen molar-refractivity contribution in [3.05, 3.63) is 81.6 Å². The van der Waals surface area contributed by atoms with E-state index in [1.807, 2.05) is 25.1 Å². The number of nitrogens with one attached hydrogen (secondary N) is 2. The third-order valence-electron chi connectivity index (χ3n) is 7.44. The number of para-hydroxylation sites is 1. The van der Waals surface area contributed by atoms with Crippen LogP contribution in [0.5, 0.6) is 5.75 Å². The molecule has 0 unspecified atom stereocenters. The number of hydrogen-bond donors (Lipinski definition) is 4. The number of amides is 4. The van der Waals surface area contributed by atoms with Crippen molar-refractivity contribution in [2.75, 3.05) is 31.9 Å². The fourth-order valence-electron chi connectivity index (χ4n) is 5.22. The van der Waals surface area contributed by atoms with E-state index in [1.165, 1.54) is 28.6 Å². The van der Waals surface area contributed by atoms with Crippen LogP contribution in [0.25, 0.3) is 10.2 Å². The van der Waals surface area contributed by atoms with Gasteiger partial charge < -0.3 is 26.4 Å². The number of halogens is 2. The Morgan fingerprint density at radius 1 is 1.17 bits per heavy atom. The highest BCUT2D eigenvalue weighted by Gasteiger charge is 2.32. The van der Waals surface area contributed by atoms with E-state index in [4.69, 9.17) is 28.9 Å². The van der Waals surface area contributed by atoms with Gasteiger partial charge in [-0.15, -0.1) is 0 Å². The Balaban J connectivity index is 1.41. The molecule has 15 heteroatoms. The Morgan fingerprint density at radius 3 is 2.74 bits per heavy atom. The highest BCUT2D eigenvalue weighted by molar-refractivity contribution is 7.22. The molecule has 1 aliphatic heterocycles. The van der Waals surface area contributed by atoms with Gasteiger partial charge in [-0.3, -0.25) is 19.6 Å². The number of hydrazine groups is 1. The molecular formula is C31H34Cl2N8O4S. The van der Waals surface area contributed by atoms with Gasteiger partial charge in [0.25, 0.3) is 0 Å². The zero-order valence-corrected chi connectivity index (χ0v) is 27.4. The number of urea groups is 1. The summed E-state index contributed by atoms with van der Waals surface area (Å²) < 4.78 is 0.902. The Morgan fingerprint density at radius 2 is 2.00 bits per heavy atom. The second-order valence-electron chi connectivity index (χ2n) is 10.8. The standard InChI is InChI=1S/C31H34Cl2N8O4S/c1-2-10-41(31(45)36-15-19-6-9-23(32)24(33)13-19)40-12-11-39(17-20-4-3-5-26-28(20)38-30(34)46-26)29(44)25(37-27(43)18-40)14-21-7-8-22(42)16-35-21/h3-9,13,16,25,42H,2,10-12,14-15,17-18H2,1H3,(H2,34,38)(H,36,45)(H,37,43)/t25-/m0/s1. The first kappa shape index (κ1) is 33.2. The molecule has 5 rings (SSSR count). The van der Waals surface area contributed by atoms with Crippen LogP contribution in [-0.2, 0) is 29.1 Å². The maximum absolute atomic E-state index is 14.1. The molecule has 1 atom stereocenters. The maximum atomic E-state index is 14.1. The molecule has 1 fully saturated rings. The first-order valence-corrected chi connectivity index (χ1v) is 16.3. The molecule has 242 valence electrons.